The van der Waals surface area contributed by atoms with Crippen LogP contribution in [0.15, 0.2) is 36.8 Å². The third-order valence-electron chi connectivity index (χ3n) is 5.57. The van der Waals surface area contributed by atoms with E-state index in [-0.39, 0.29) is 5.91 Å². The number of imidazole rings is 1. The van der Waals surface area contributed by atoms with Gasteiger partial charge in [-0.1, -0.05) is 24.3 Å². The highest BCUT2D eigenvalue weighted by molar-refractivity contribution is 5.93. The van der Waals surface area contributed by atoms with Crippen molar-refractivity contribution in [3.05, 3.63) is 48.2 Å². The average molecular weight is 378 g/mol. The van der Waals surface area contributed by atoms with Crippen LogP contribution in [0.4, 0.5) is 5.82 Å². The van der Waals surface area contributed by atoms with E-state index in [1.165, 1.54) is 0 Å². The van der Waals surface area contributed by atoms with Crippen molar-refractivity contribution in [3.63, 3.8) is 0 Å². The van der Waals surface area contributed by atoms with Crippen molar-refractivity contribution >= 4 is 22.5 Å². The Morgan fingerprint density at radius 2 is 1.89 bits per heavy atom. The van der Waals surface area contributed by atoms with Crippen LogP contribution in [0, 0.1) is 12.8 Å². The Balaban J connectivity index is 1.40. The predicted molar refractivity (Wildman–Crippen MR) is 109 cm³/mol. The third kappa shape index (κ3) is 3.56. The molecule has 146 valence electrons. The van der Waals surface area contributed by atoms with Gasteiger partial charge in [-0.15, -0.1) is 5.10 Å². The van der Waals surface area contributed by atoms with Gasteiger partial charge in [0.1, 0.15) is 5.69 Å². The van der Waals surface area contributed by atoms with E-state index < -0.39 is 0 Å². The molecular weight excluding hydrogens is 352 g/mol. The minimum Gasteiger partial charge on any atom is -0.355 e. The molecule has 2 aromatic heterocycles. The zero-order valence-corrected chi connectivity index (χ0v) is 16.7. The fourth-order valence-electron chi connectivity index (χ4n) is 3.97. The Bertz CT molecular complexity index is 989. The van der Waals surface area contributed by atoms with Gasteiger partial charge in [0.15, 0.2) is 5.82 Å². The van der Waals surface area contributed by atoms with Gasteiger partial charge in [-0.05, 0) is 25.7 Å². The van der Waals surface area contributed by atoms with Crippen LogP contribution in [0.5, 0.6) is 0 Å². The molecule has 1 aliphatic rings. The quantitative estimate of drug-likeness (QED) is 0.698. The summed E-state index contributed by atoms with van der Waals surface area (Å²) in [5.74, 6) is 1.44. The number of nitrogens with zero attached hydrogens (tertiary/aromatic N) is 6. The number of hydrogen-bond donors (Lipinski definition) is 0. The fraction of sp³-hybridized carbons (Fsp3) is 0.429. The molecule has 0 bridgehead atoms. The van der Waals surface area contributed by atoms with E-state index in [1.807, 2.05) is 27.1 Å². The molecule has 1 saturated heterocycles. The molecule has 0 aliphatic carbocycles. The van der Waals surface area contributed by atoms with Crippen molar-refractivity contribution in [3.8, 4) is 0 Å². The monoisotopic (exact) mass is 378 g/mol. The molecule has 0 atom stereocenters. The predicted octanol–water partition coefficient (Wildman–Crippen LogP) is 2.66. The van der Waals surface area contributed by atoms with Gasteiger partial charge >= 0.3 is 0 Å². The topological polar surface area (TPSA) is 67.2 Å². The number of aromatic nitrogens is 4. The molecule has 28 heavy (non-hydrogen) atoms. The molecule has 3 aromatic rings. The van der Waals surface area contributed by atoms with Crippen LogP contribution in [0.1, 0.15) is 29.0 Å². The highest BCUT2D eigenvalue weighted by atomic mass is 16.2. The summed E-state index contributed by atoms with van der Waals surface area (Å²) in [5, 5.41) is 11.2. The first-order chi connectivity index (χ1) is 13.5. The number of amides is 1. The minimum atomic E-state index is -0.0153. The van der Waals surface area contributed by atoms with Crippen molar-refractivity contribution in [2.24, 2.45) is 13.0 Å². The van der Waals surface area contributed by atoms with E-state index in [4.69, 9.17) is 0 Å². The molecule has 1 fully saturated rings. The fourth-order valence-corrected chi connectivity index (χ4v) is 3.97. The van der Waals surface area contributed by atoms with Crippen LogP contribution in [-0.4, -0.2) is 57.2 Å². The standard InChI is InChI=1S/C21H26N6O/c1-15-17-6-4-5-7-18(17)20(24-23-15)27-10-8-16(9-11-27)12-26(3)21(28)19-13-25(2)14-22-19/h4-7,13-14,16H,8-12H2,1-3H3. The second-order valence-electron chi connectivity index (χ2n) is 7.70. The van der Waals surface area contributed by atoms with Gasteiger partial charge in [0.25, 0.3) is 5.91 Å². The lowest BCUT2D eigenvalue weighted by molar-refractivity contribution is 0.0759. The lowest BCUT2D eigenvalue weighted by Crippen LogP contribution is -2.40. The van der Waals surface area contributed by atoms with Crippen LogP contribution in [-0.2, 0) is 7.05 Å². The highest BCUT2D eigenvalue weighted by Crippen LogP contribution is 2.29. The molecule has 0 radical (unpaired) electrons. The normalized spacial score (nSPS) is 15.2. The Labute approximate surface area is 165 Å². The van der Waals surface area contributed by atoms with Gasteiger partial charge in [-0.25, -0.2) is 4.98 Å². The lowest BCUT2D eigenvalue weighted by atomic mass is 9.96. The number of benzene rings is 1. The molecule has 1 aromatic carbocycles. The van der Waals surface area contributed by atoms with Crippen LogP contribution < -0.4 is 4.90 Å². The van der Waals surface area contributed by atoms with E-state index in [1.54, 1.807) is 22.0 Å². The van der Waals surface area contributed by atoms with Gasteiger partial charge in [0.2, 0.25) is 0 Å². The Morgan fingerprint density at radius 1 is 1.18 bits per heavy atom. The second-order valence-corrected chi connectivity index (χ2v) is 7.70. The van der Waals surface area contributed by atoms with Gasteiger partial charge in [0, 0.05) is 50.7 Å². The maximum atomic E-state index is 12.5. The number of carbonyl (C=O) groups is 1. The van der Waals surface area contributed by atoms with E-state index >= 15 is 0 Å². The van der Waals surface area contributed by atoms with Crippen LogP contribution in [0.25, 0.3) is 10.8 Å². The highest BCUT2D eigenvalue weighted by Gasteiger charge is 2.25. The largest absolute Gasteiger partial charge is 0.355 e. The maximum Gasteiger partial charge on any atom is 0.273 e. The van der Waals surface area contributed by atoms with Crippen LogP contribution in [0.2, 0.25) is 0 Å². The molecule has 0 N–H and O–H groups in total. The minimum absolute atomic E-state index is 0.0153. The first-order valence-corrected chi connectivity index (χ1v) is 9.73. The number of rotatable bonds is 4. The third-order valence-corrected chi connectivity index (χ3v) is 5.57. The lowest BCUT2D eigenvalue weighted by Gasteiger charge is -2.34. The first-order valence-electron chi connectivity index (χ1n) is 9.73. The number of carbonyl (C=O) groups excluding carboxylic acids is 1. The Morgan fingerprint density at radius 3 is 2.57 bits per heavy atom. The van der Waals surface area contributed by atoms with Crippen molar-refractivity contribution in [2.45, 2.75) is 19.8 Å². The van der Waals surface area contributed by atoms with E-state index in [0.717, 1.165) is 54.8 Å². The summed E-state index contributed by atoms with van der Waals surface area (Å²) in [6.45, 7) is 4.61. The molecule has 4 rings (SSSR count). The van der Waals surface area contributed by atoms with Gasteiger partial charge < -0.3 is 14.4 Å². The number of fused-ring (bicyclic) bond motifs is 1. The summed E-state index contributed by atoms with van der Waals surface area (Å²) in [5.41, 5.74) is 1.47. The van der Waals surface area contributed by atoms with Gasteiger partial charge in [0.05, 0.1) is 12.0 Å². The number of hydrogen-bond acceptors (Lipinski definition) is 5. The second kappa shape index (κ2) is 7.58. The molecule has 7 heteroatoms. The molecule has 7 nitrogen and oxygen atoms in total. The summed E-state index contributed by atoms with van der Waals surface area (Å²) >= 11 is 0. The molecule has 3 heterocycles. The summed E-state index contributed by atoms with van der Waals surface area (Å²) < 4.78 is 1.80. The molecular formula is C21H26N6O. The van der Waals surface area contributed by atoms with E-state index in [2.05, 4.69) is 38.3 Å². The maximum absolute atomic E-state index is 12.5. The van der Waals surface area contributed by atoms with Crippen molar-refractivity contribution in [1.29, 1.82) is 0 Å². The van der Waals surface area contributed by atoms with Crippen LogP contribution >= 0.6 is 0 Å². The van der Waals surface area contributed by atoms with Gasteiger partial charge in [-0.2, -0.15) is 5.10 Å². The Hall–Kier alpha value is -2.96. The number of piperidine rings is 1. The number of aryl methyl sites for hydroxylation is 2. The molecule has 0 spiro atoms. The molecule has 0 saturated carbocycles. The zero-order valence-electron chi connectivity index (χ0n) is 16.7. The first kappa shape index (κ1) is 18.4. The summed E-state index contributed by atoms with van der Waals surface area (Å²) in [6.07, 6.45) is 5.49. The smallest absolute Gasteiger partial charge is 0.273 e. The average Bonchev–Trinajstić information content (AvgIpc) is 3.15. The van der Waals surface area contributed by atoms with Crippen LogP contribution in [0.3, 0.4) is 0 Å². The van der Waals surface area contributed by atoms with Gasteiger partial charge in [-0.3, -0.25) is 4.79 Å². The summed E-state index contributed by atoms with van der Waals surface area (Å²) in [7, 11) is 3.74. The molecule has 1 amide bonds. The van der Waals surface area contributed by atoms with Crippen molar-refractivity contribution < 1.29 is 4.79 Å². The molecule has 1 aliphatic heterocycles. The summed E-state index contributed by atoms with van der Waals surface area (Å²) in [6, 6.07) is 8.32. The number of anilines is 1. The van der Waals surface area contributed by atoms with E-state index in [0.29, 0.717) is 11.6 Å². The van der Waals surface area contributed by atoms with E-state index in [9.17, 15) is 4.79 Å². The SMILES string of the molecule is Cc1nnc(N2CCC(CN(C)C(=O)c3cn(C)cn3)CC2)c2ccccc12. The van der Waals surface area contributed by atoms with Crippen molar-refractivity contribution in [1.82, 2.24) is 24.6 Å². The zero-order chi connectivity index (χ0) is 19.7. The summed E-state index contributed by atoms with van der Waals surface area (Å²) in [4.78, 5) is 20.8. The Kier molecular flexibility index (Phi) is 4.98. The van der Waals surface area contributed by atoms with Crippen molar-refractivity contribution in [2.75, 3.05) is 31.6 Å². The molecule has 0 unspecified atom stereocenters.